The standard InChI is InChI=1S/C17H28N2O/c1-5-6-7-11-17(3,4)12-19-16(20)14-9-8-10-15(18)13(14)2/h8-10H,5-7,11-12,18H2,1-4H3,(H,19,20). The van der Waals surface area contributed by atoms with E-state index in [0.29, 0.717) is 17.8 Å². The van der Waals surface area contributed by atoms with Crippen molar-refractivity contribution < 1.29 is 4.79 Å². The van der Waals surface area contributed by atoms with Crippen molar-refractivity contribution in [3.63, 3.8) is 0 Å². The van der Waals surface area contributed by atoms with Gasteiger partial charge in [-0.3, -0.25) is 4.79 Å². The molecule has 0 bridgehead atoms. The van der Waals surface area contributed by atoms with Crippen molar-refractivity contribution >= 4 is 11.6 Å². The van der Waals surface area contributed by atoms with Gasteiger partial charge in [0.05, 0.1) is 0 Å². The largest absolute Gasteiger partial charge is 0.398 e. The number of benzene rings is 1. The van der Waals surface area contributed by atoms with Crippen LogP contribution in [0.3, 0.4) is 0 Å². The predicted molar refractivity (Wildman–Crippen MR) is 85.8 cm³/mol. The van der Waals surface area contributed by atoms with Crippen LogP contribution in [0.25, 0.3) is 0 Å². The molecule has 1 aromatic carbocycles. The Morgan fingerprint density at radius 3 is 2.65 bits per heavy atom. The first-order chi connectivity index (χ1) is 9.37. The minimum absolute atomic E-state index is 0.0293. The Hall–Kier alpha value is -1.51. The third-order valence-electron chi connectivity index (χ3n) is 3.80. The van der Waals surface area contributed by atoms with Crippen LogP contribution in [0.4, 0.5) is 5.69 Å². The Morgan fingerprint density at radius 1 is 1.30 bits per heavy atom. The van der Waals surface area contributed by atoms with E-state index in [9.17, 15) is 4.79 Å². The molecule has 3 heteroatoms. The van der Waals surface area contributed by atoms with Gasteiger partial charge in [-0.05, 0) is 36.5 Å². The van der Waals surface area contributed by atoms with Crippen LogP contribution in [0, 0.1) is 12.3 Å². The van der Waals surface area contributed by atoms with Gasteiger partial charge in [0.1, 0.15) is 0 Å². The summed E-state index contributed by atoms with van der Waals surface area (Å²) in [5, 5.41) is 3.04. The third-order valence-corrected chi connectivity index (χ3v) is 3.80. The molecule has 0 saturated carbocycles. The van der Waals surface area contributed by atoms with Crippen molar-refractivity contribution in [3.05, 3.63) is 29.3 Å². The molecule has 0 aromatic heterocycles. The van der Waals surface area contributed by atoms with E-state index in [4.69, 9.17) is 5.73 Å². The monoisotopic (exact) mass is 276 g/mol. The Labute approximate surface area is 122 Å². The molecule has 0 aliphatic carbocycles. The zero-order valence-corrected chi connectivity index (χ0v) is 13.3. The Balaban J connectivity index is 2.56. The van der Waals surface area contributed by atoms with Gasteiger partial charge in [0.25, 0.3) is 5.91 Å². The highest BCUT2D eigenvalue weighted by molar-refractivity contribution is 5.96. The molecule has 0 aliphatic heterocycles. The summed E-state index contributed by atoms with van der Waals surface area (Å²) in [6.45, 7) is 9.20. The lowest BCUT2D eigenvalue weighted by Gasteiger charge is -2.25. The second-order valence-corrected chi connectivity index (χ2v) is 6.32. The maximum absolute atomic E-state index is 12.2. The number of anilines is 1. The normalized spacial score (nSPS) is 11.4. The summed E-state index contributed by atoms with van der Waals surface area (Å²) in [7, 11) is 0. The van der Waals surface area contributed by atoms with Gasteiger partial charge in [-0.2, -0.15) is 0 Å². The maximum Gasteiger partial charge on any atom is 0.251 e. The second kappa shape index (κ2) is 7.32. The molecule has 1 aromatic rings. The van der Waals surface area contributed by atoms with Crippen LogP contribution in [0.15, 0.2) is 18.2 Å². The Bertz CT molecular complexity index is 452. The highest BCUT2D eigenvalue weighted by Crippen LogP contribution is 2.23. The summed E-state index contributed by atoms with van der Waals surface area (Å²) in [6, 6.07) is 5.47. The maximum atomic E-state index is 12.2. The number of rotatable bonds is 7. The highest BCUT2D eigenvalue weighted by atomic mass is 16.1. The van der Waals surface area contributed by atoms with Crippen molar-refractivity contribution in [2.24, 2.45) is 5.41 Å². The fourth-order valence-corrected chi connectivity index (χ4v) is 2.26. The first kappa shape index (κ1) is 16.5. The molecule has 0 aliphatic rings. The van der Waals surface area contributed by atoms with Crippen molar-refractivity contribution in [2.75, 3.05) is 12.3 Å². The van der Waals surface area contributed by atoms with Gasteiger partial charge in [0, 0.05) is 17.8 Å². The molecule has 0 fully saturated rings. The Morgan fingerprint density at radius 2 is 2.00 bits per heavy atom. The molecular weight excluding hydrogens is 248 g/mol. The molecule has 0 spiro atoms. The molecule has 0 unspecified atom stereocenters. The quantitative estimate of drug-likeness (QED) is 0.586. The SMILES string of the molecule is CCCCCC(C)(C)CNC(=O)c1cccc(N)c1C. The topological polar surface area (TPSA) is 55.1 Å². The van der Waals surface area contributed by atoms with E-state index in [1.807, 2.05) is 25.1 Å². The lowest BCUT2D eigenvalue weighted by molar-refractivity contribution is 0.0933. The van der Waals surface area contributed by atoms with Gasteiger partial charge in [0.15, 0.2) is 0 Å². The number of hydrogen-bond donors (Lipinski definition) is 2. The summed E-state index contributed by atoms with van der Waals surface area (Å²) >= 11 is 0. The molecule has 20 heavy (non-hydrogen) atoms. The van der Waals surface area contributed by atoms with E-state index in [-0.39, 0.29) is 11.3 Å². The average molecular weight is 276 g/mol. The van der Waals surface area contributed by atoms with Crippen LogP contribution in [-0.4, -0.2) is 12.5 Å². The summed E-state index contributed by atoms with van der Waals surface area (Å²) in [6.07, 6.45) is 4.84. The first-order valence-electron chi connectivity index (χ1n) is 7.50. The van der Waals surface area contributed by atoms with Crippen molar-refractivity contribution in [1.29, 1.82) is 0 Å². The Kier molecular flexibility index (Phi) is 6.05. The van der Waals surface area contributed by atoms with Crippen LogP contribution in [0.5, 0.6) is 0 Å². The zero-order valence-electron chi connectivity index (χ0n) is 13.3. The molecular formula is C17H28N2O. The number of carbonyl (C=O) groups is 1. The van der Waals surface area contributed by atoms with E-state index < -0.39 is 0 Å². The molecule has 3 N–H and O–H groups in total. The van der Waals surface area contributed by atoms with Gasteiger partial charge in [-0.1, -0.05) is 46.1 Å². The van der Waals surface area contributed by atoms with E-state index in [0.717, 1.165) is 12.0 Å². The van der Waals surface area contributed by atoms with Crippen molar-refractivity contribution in [3.8, 4) is 0 Å². The number of nitrogens with two attached hydrogens (primary N) is 1. The van der Waals surface area contributed by atoms with Crippen molar-refractivity contribution in [1.82, 2.24) is 5.32 Å². The number of amides is 1. The van der Waals surface area contributed by atoms with Crippen LogP contribution < -0.4 is 11.1 Å². The van der Waals surface area contributed by atoms with Gasteiger partial charge >= 0.3 is 0 Å². The fraction of sp³-hybridized carbons (Fsp3) is 0.588. The molecule has 1 amide bonds. The highest BCUT2D eigenvalue weighted by Gasteiger charge is 2.19. The van der Waals surface area contributed by atoms with Crippen LogP contribution in [0.1, 0.15) is 62.4 Å². The van der Waals surface area contributed by atoms with E-state index in [1.165, 1.54) is 19.3 Å². The minimum Gasteiger partial charge on any atom is -0.398 e. The molecule has 0 heterocycles. The van der Waals surface area contributed by atoms with E-state index in [1.54, 1.807) is 0 Å². The van der Waals surface area contributed by atoms with Gasteiger partial charge < -0.3 is 11.1 Å². The van der Waals surface area contributed by atoms with Gasteiger partial charge in [0.2, 0.25) is 0 Å². The van der Waals surface area contributed by atoms with Crippen molar-refractivity contribution in [2.45, 2.75) is 53.4 Å². The first-order valence-corrected chi connectivity index (χ1v) is 7.50. The second-order valence-electron chi connectivity index (χ2n) is 6.32. The van der Waals surface area contributed by atoms with E-state index >= 15 is 0 Å². The summed E-state index contributed by atoms with van der Waals surface area (Å²) in [5.74, 6) is -0.0293. The smallest absolute Gasteiger partial charge is 0.251 e. The number of nitrogens with one attached hydrogen (secondary N) is 1. The summed E-state index contributed by atoms with van der Waals surface area (Å²) < 4.78 is 0. The minimum atomic E-state index is -0.0293. The lowest BCUT2D eigenvalue weighted by Crippen LogP contribution is -2.34. The van der Waals surface area contributed by atoms with Crippen LogP contribution >= 0.6 is 0 Å². The third kappa shape index (κ3) is 4.87. The zero-order chi connectivity index (χ0) is 15.2. The fourth-order valence-electron chi connectivity index (χ4n) is 2.26. The molecule has 112 valence electrons. The molecule has 0 radical (unpaired) electrons. The predicted octanol–water partition coefficient (Wildman–Crippen LogP) is 3.91. The van der Waals surface area contributed by atoms with Gasteiger partial charge in [-0.25, -0.2) is 0 Å². The molecule has 3 nitrogen and oxygen atoms in total. The molecule has 0 saturated heterocycles. The number of nitrogen functional groups attached to an aromatic ring is 1. The average Bonchev–Trinajstić information content (AvgIpc) is 2.39. The number of carbonyl (C=O) groups excluding carboxylic acids is 1. The summed E-state index contributed by atoms with van der Waals surface area (Å²) in [5.41, 5.74) is 8.18. The lowest BCUT2D eigenvalue weighted by atomic mass is 9.86. The van der Waals surface area contributed by atoms with E-state index in [2.05, 4.69) is 26.1 Å². The van der Waals surface area contributed by atoms with Gasteiger partial charge in [-0.15, -0.1) is 0 Å². The number of unbranched alkanes of at least 4 members (excludes halogenated alkanes) is 2. The molecule has 0 atom stereocenters. The summed E-state index contributed by atoms with van der Waals surface area (Å²) in [4.78, 5) is 12.2. The molecule has 1 rings (SSSR count). The van der Waals surface area contributed by atoms with Crippen LogP contribution in [0.2, 0.25) is 0 Å². The number of hydrogen-bond acceptors (Lipinski definition) is 2. The van der Waals surface area contributed by atoms with Crippen LogP contribution in [-0.2, 0) is 0 Å².